The van der Waals surface area contributed by atoms with E-state index in [4.69, 9.17) is 0 Å². The van der Waals surface area contributed by atoms with Crippen LogP contribution >= 0.6 is 0 Å². The van der Waals surface area contributed by atoms with Crippen molar-refractivity contribution in [1.82, 2.24) is 0 Å². The Morgan fingerprint density at radius 3 is 2.18 bits per heavy atom. The van der Waals surface area contributed by atoms with E-state index in [1.54, 1.807) is 48.5 Å². The third-order valence-electron chi connectivity index (χ3n) is 4.11. The molecule has 0 fully saturated rings. The number of carbonyl (C=O) groups excluding carboxylic acids is 1. The summed E-state index contributed by atoms with van der Waals surface area (Å²) in [7, 11) is 0. The van der Waals surface area contributed by atoms with Crippen LogP contribution in [0.2, 0.25) is 0 Å². The highest BCUT2D eigenvalue weighted by molar-refractivity contribution is 6.12. The van der Waals surface area contributed by atoms with Crippen molar-refractivity contribution in [3.8, 4) is 0 Å². The Kier molecular flexibility index (Phi) is 5.12. The molecule has 0 saturated heterocycles. The lowest BCUT2D eigenvalue weighted by Gasteiger charge is -2.13. The molecule has 0 unspecified atom stereocenters. The molecule has 0 amide bonds. The van der Waals surface area contributed by atoms with Gasteiger partial charge in [-0.1, -0.05) is 42.0 Å². The second-order valence-electron chi connectivity index (χ2n) is 6.08. The Hall–Kier alpha value is -4.07. The number of nitro groups is 2. The van der Waals surface area contributed by atoms with Gasteiger partial charge in [0, 0.05) is 22.9 Å². The Labute approximate surface area is 159 Å². The molecule has 0 bridgehead atoms. The van der Waals surface area contributed by atoms with E-state index in [-0.39, 0.29) is 17.2 Å². The summed E-state index contributed by atoms with van der Waals surface area (Å²) in [4.78, 5) is 33.8. The highest BCUT2D eigenvalue weighted by Gasteiger charge is 2.21. The maximum Gasteiger partial charge on any atom is 0.299 e. The maximum atomic E-state index is 12.9. The molecule has 28 heavy (non-hydrogen) atoms. The van der Waals surface area contributed by atoms with E-state index in [1.807, 2.05) is 6.92 Å². The molecule has 140 valence electrons. The van der Waals surface area contributed by atoms with Crippen molar-refractivity contribution in [1.29, 1.82) is 0 Å². The van der Waals surface area contributed by atoms with E-state index in [0.29, 0.717) is 16.8 Å². The van der Waals surface area contributed by atoms with Gasteiger partial charge in [-0.15, -0.1) is 0 Å². The number of anilines is 2. The summed E-state index contributed by atoms with van der Waals surface area (Å²) in [6, 6.07) is 17.1. The summed E-state index contributed by atoms with van der Waals surface area (Å²) in [6.07, 6.45) is 0. The number of hydrogen-bond acceptors (Lipinski definition) is 6. The van der Waals surface area contributed by atoms with Gasteiger partial charge in [0.15, 0.2) is 5.78 Å². The van der Waals surface area contributed by atoms with Crippen molar-refractivity contribution < 1.29 is 14.6 Å². The SMILES string of the molecule is Cc1ccc(Nc2ccc([N+](=O)[O-])cc2[N+](=O)[O-])c(C(=O)c2ccccc2)c1. The van der Waals surface area contributed by atoms with Gasteiger partial charge in [0.2, 0.25) is 0 Å². The average Bonchev–Trinajstić information content (AvgIpc) is 2.69. The van der Waals surface area contributed by atoms with Gasteiger partial charge in [-0.2, -0.15) is 0 Å². The first-order chi connectivity index (χ1) is 13.4. The zero-order chi connectivity index (χ0) is 20.3. The van der Waals surface area contributed by atoms with Crippen LogP contribution in [-0.4, -0.2) is 15.6 Å². The van der Waals surface area contributed by atoms with Crippen LogP contribution in [0.3, 0.4) is 0 Å². The highest BCUT2D eigenvalue weighted by atomic mass is 16.6. The topological polar surface area (TPSA) is 115 Å². The number of nitrogens with zero attached hydrogens (tertiary/aromatic N) is 2. The average molecular weight is 377 g/mol. The lowest BCUT2D eigenvalue weighted by Crippen LogP contribution is -2.07. The number of non-ortho nitro benzene ring substituents is 1. The summed E-state index contributed by atoms with van der Waals surface area (Å²) < 4.78 is 0. The van der Waals surface area contributed by atoms with Crippen LogP contribution in [0.5, 0.6) is 0 Å². The molecule has 1 N–H and O–H groups in total. The Morgan fingerprint density at radius 2 is 1.54 bits per heavy atom. The summed E-state index contributed by atoms with van der Waals surface area (Å²) in [5.41, 5.74) is 1.27. The Morgan fingerprint density at radius 1 is 0.857 bits per heavy atom. The van der Waals surface area contributed by atoms with Gasteiger partial charge >= 0.3 is 0 Å². The van der Waals surface area contributed by atoms with Gasteiger partial charge in [-0.3, -0.25) is 25.0 Å². The van der Waals surface area contributed by atoms with Gasteiger partial charge in [0.25, 0.3) is 11.4 Å². The van der Waals surface area contributed by atoms with Crippen LogP contribution < -0.4 is 5.32 Å². The van der Waals surface area contributed by atoms with Crippen LogP contribution in [0, 0.1) is 27.2 Å². The van der Waals surface area contributed by atoms with E-state index in [0.717, 1.165) is 11.6 Å². The molecular formula is C20H15N3O5. The fourth-order valence-corrected chi connectivity index (χ4v) is 2.74. The molecule has 0 aromatic heterocycles. The number of carbonyl (C=O) groups is 1. The minimum atomic E-state index is -0.706. The third-order valence-corrected chi connectivity index (χ3v) is 4.11. The van der Waals surface area contributed by atoms with E-state index in [1.165, 1.54) is 12.1 Å². The van der Waals surface area contributed by atoms with Gasteiger partial charge in [0.05, 0.1) is 15.9 Å². The standard InChI is InChI=1S/C20H15N3O5/c1-13-7-9-17(16(11-13)20(24)14-5-3-2-4-6-14)21-18-10-8-15(22(25)26)12-19(18)23(27)28/h2-12,21H,1H3. The molecule has 8 nitrogen and oxygen atoms in total. The molecule has 0 radical (unpaired) electrons. The molecule has 0 spiro atoms. The molecule has 0 saturated carbocycles. The van der Waals surface area contributed by atoms with Crippen molar-refractivity contribution in [3.05, 3.63) is 104 Å². The highest BCUT2D eigenvalue weighted by Crippen LogP contribution is 2.33. The number of benzene rings is 3. The van der Waals surface area contributed by atoms with Crippen LogP contribution in [0.15, 0.2) is 66.7 Å². The summed E-state index contributed by atoms with van der Waals surface area (Å²) in [6.45, 7) is 1.83. The molecule has 3 aromatic rings. The minimum Gasteiger partial charge on any atom is -0.349 e. The second-order valence-corrected chi connectivity index (χ2v) is 6.08. The maximum absolute atomic E-state index is 12.9. The van der Waals surface area contributed by atoms with Crippen LogP contribution in [0.25, 0.3) is 0 Å². The predicted molar refractivity (Wildman–Crippen MR) is 104 cm³/mol. The first-order valence-corrected chi connectivity index (χ1v) is 8.27. The van der Waals surface area contributed by atoms with Gasteiger partial charge < -0.3 is 5.32 Å². The molecule has 3 rings (SSSR count). The van der Waals surface area contributed by atoms with Gasteiger partial charge in [0.1, 0.15) is 5.69 Å². The van der Waals surface area contributed by atoms with Crippen molar-refractivity contribution >= 4 is 28.5 Å². The molecule has 0 heterocycles. The van der Waals surface area contributed by atoms with Crippen molar-refractivity contribution in [2.24, 2.45) is 0 Å². The smallest absolute Gasteiger partial charge is 0.299 e. The van der Waals surface area contributed by atoms with E-state index >= 15 is 0 Å². The largest absolute Gasteiger partial charge is 0.349 e. The third kappa shape index (κ3) is 3.85. The number of rotatable bonds is 6. The number of ketones is 1. The fourth-order valence-electron chi connectivity index (χ4n) is 2.74. The lowest BCUT2D eigenvalue weighted by atomic mass is 9.99. The zero-order valence-corrected chi connectivity index (χ0v) is 14.8. The number of nitrogens with one attached hydrogen (secondary N) is 1. The van der Waals surface area contributed by atoms with Crippen molar-refractivity contribution in [3.63, 3.8) is 0 Å². The summed E-state index contributed by atoms with van der Waals surface area (Å²) >= 11 is 0. The molecule has 0 atom stereocenters. The monoisotopic (exact) mass is 377 g/mol. The summed E-state index contributed by atoms with van der Waals surface area (Å²) in [5.74, 6) is -0.239. The molecule has 3 aromatic carbocycles. The van der Waals surface area contributed by atoms with Crippen LogP contribution in [-0.2, 0) is 0 Å². The van der Waals surface area contributed by atoms with Crippen LogP contribution in [0.4, 0.5) is 22.7 Å². The normalized spacial score (nSPS) is 10.3. The Bertz CT molecular complexity index is 1080. The minimum absolute atomic E-state index is 0.0570. The zero-order valence-electron chi connectivity index (χ0n) is 14.8. The number of aryl methyl sites for hydroxylation is 1. The van der Waals surface area contributed by atoms with E-state index in [2.05, 4.69) is 5.32 Å². The van der Waals surface area contributed by atoms with E-state index < -0.39 is 15.5 Å². The Balaban J connectivity index is 2.05. The second kappa shape index (κ2) is 7.67. The van der Waals surface area contributed by atoms with Crippen LogP contribution in [0.1, 0.15) is 21.5 Å². The van der Waals surface area contributed by atoms with Gasteiger partial charge in [-0.05, 0) is 25.1 Å². The van der Waals surface area contributed by atoms with Crippen molar-refractivity contribution in [2.45, 2.75) is 6.92 Å². The summed E-state index contributed by atoms with van der Waals surface area (Å²) in [5, 5.41) is 25.1. The predicted octanol–water partition coefficient (Wildman–Crippen LogP) is 4.79. The molecule has 0 aliphatic rings. The fraction of sp³-hybridized carbons (Fsp3) is 0.0500. The molecule has 8 heteroatoms. The van der Waals surface area contributed by atoms with Crippen molar-refractivity contribution in [2.75, 3.05) is 5.32 Å². The first-order valence-electron chi connectivity index (χ1n) is 8.27. The molecular weight excluding hydrogens is 362 g/mol. The number of hydrogen-bond donors (Lipinski definition) is 1. The lowest BCUT2D eigenvalue weighted by molar-refractivity contribution is -0.393. The first kappa shape index (κ1) is 18.7. The quantitative estimate of drug-likeness (QED) is 0.375. The van der Waals surface area contributed by atoms with E-state index in [9.17, 15) is 25.0 Å². The molecule has 0 aliphatic heterocycles. The van der Waals surface area contributed by atoms with Gasteiger partial charge in [-0.25, -0.2) is 0 Å². The molecule has 0 aliphatic carbocycles. The number of nitro benzene ring substituents is 2.